The topological polar surface area (TPSA) is 55.0 Å². The lowest BCUT2D eigenvalue weighted by atomic mass is 10.2. The molecule has 2 amide bonds. The van der Waals surface area contributed by atoms with Crippen LogP contribution in [0.25, 0.3) is 0 Å². The first-order chi connectivity index (χ1) is 15.6. The summed E-state index contributed by atoms with van der Waals surface area (Å²) in [6, 6.07) is 12.8. The Kier molecular flexibility index (Phi) is 7.47. The first-order valence-corrected chi connectivity index (χ1v) is 11.9. The monoisotopic (exact) mass is 436 g/mol. The van der Waals surface area contributed by atoms with Gasteiger partial charge in [0.25, 0.3) is 0 Å². The van der Waals surface area contributed by atoms with Crippen molar-refractivity contribution >= 4 is 17.5 Å². The zero-order valence-corrected chi connectivity index (χ0v) is 19.5. The van der Waals surface area contributed by atoms with E-state index in [9.17, 15) is 4.79 Å². The molecule has 0 atom stereocenters. The second-order valence-electron chi connectivity index (χ2n) is 8.77. The number of carbonyl (C=O) groups excluding carboxylic acids is 1. The molecule has 2 aliphatic rings. The van der Waals surface area contributed by atoms with Crippen LogP contribution < -0.4 is 15.1 Å². The number of rotatable bonds is 5. The fourth-order valence-electron chi connectivity index (χ4n) is 4.46. The van der Waals surface area contributed by atoms with Crippen LogP contribution in [0, 0.1) is 6.92 Å². The minimum atomic E-state index is 0.0191. The molecule has 0 radical (unpaired) electrons. The second-order valence-corrected chi connectivity index (χ2v) is 8.77. The Morgan fingerprint density at radius 1 is 0.938 bits per heavy atom. The minimum absolute atomic E-state index is 0.0191. The molecule has 2 fully saturated rings. The van der Waals surface area contributed by atoms with Gasteiger partial charge < -0.3 is 24.9 Å². The molecule has 2 saturated heterocycles. The molecular formula is C25H36N6O. The van der Waals surface area contributed by atoms with Gasteiger partial charge in [-0.2, -0.15) is 0 Å². The Bertz CT molecular complexity index is 878. The fraction of sp³-hybridized carbons (Fsp3) is 0.520. The van der Waals surface area contributed by atoms with Crippen molar-refractivity contribution in [1.82, 2.24) is 20.1 Å². The lowest BCUT2D eigenvalue weighted by molar-refractivity contribution is 0.201. The molecule has 2 aliphatic heterocycles. The number of pyridine rings is 1. The highest BCUT2D eigenvalue weighted by Gasteiger charge is 2.20. The second kappa shape index (κ2) is 10.7. The van der Waals surface area contributed by atoms with Gasteiger partial charge in [-0.3, -0.25) is 0 Å². The SMILES string of the molecule is CCN1CCN(c2cc(CNC(=O)N3CCCN(c4ccc(C)cc4)CC3)ccn2)CC1. The molecule has 2 aromatic rings. The fourth-order valence-corrected chi connectivity index (χ4v) is 4.46. The highest BCUT2D eigenvalue weighted by molar-refractivity contribution is 5.74. The summed E-state index contributed by atoms with van der Waals surface area (Å²) in [7, 11) is 0. The van der Waals surface area contributed by atoms with Crippen molar-refractivity contribution in [2.24, 2.45) is 0 Å². The lowest BCUT2D eigenvalue weighted by Crippen LogP contribution is -2.46. The first kappa shape index (κ1) is 22.4. The molecule has 0 spiro atoms. The minimum Gasteiger partial charge on any atom is -0.370 e. The largest absolute Gasteiger partial charge is 0.370 e. The van der Waals surface area contributed by atoms with Crippen molar-refractivity contribution in [2.45, 2.75) is 26.8 Å². The third-order valence-electron chi connectivity index (χ3n) is 6.58. The summed E-state index contributed by atoms with van der Waals surface area (Å²) >= 11 is 0. The van der Waals surface area contributed by atoms with Gasteiger partial charge in [-0.25, -0.2) is 9.78 Å². The van der Waals surface area contributed by atoms with E-state index in [1.165, 1.54) is 11.3 Å². The van der Waals surface area contributed by atoms with Crippen LogP contribution in [-0.2, 0) is 6.54 Å². The van der Waals surface area contributed by atoms with E-state index in [1.807, 2.05) is 17.2 Å². The van der Waals surface area contributed by atoms with E-state index >= 15 is 0 Å². The molecular weight excluding hydrogens is 400 g/mol. The van der Waals surface area contributed by atoms with Gasteiger partial charge in [0.2, 0.25) is 0 Å². The maximum atomic E-state index is 12.8. The van der Waals surface area contributed by atoms with Gasteiger partial charge >= 0.3 is 6.03 Å². The van der Waals surface area contributed by atoms with Gasteiger partial charge in [-0.1, -0.05) is 24.6 Å². The average molecular weight is 437 g/mol. The van der Waals surface area contributed by atoms with Crippen LogP contribution in [0.4, 0.5) is 16.3 Å². The Balaban J connectivity index is 1.28. The number of hydrogen-bond donors (Lipinski definition) is 1. The molecule has 1 N–H and O–H groups in total. The van der Waals surface area contributed by atoms with Crippen LogP contribution in [0.2, 0.25) is 0 Å². The summed E-state index contributed by atoms with van der Waals surface area (Å²) in [6.07, 6.45) is 2.83. The smallest absolute Gasteiger partial charge is 0.317 e. The van der Waals surface area contributed by atoms with Crippen LogP contribution >= 0.6 is 0 Å². The van der Waals surface area contributed by atoms with E-state index in [-0.39, 0.29) is 6.03 Å². The molecule has 0 aliphatic carbocycles. The summed E-state index contributed by atoms with van der Waals surface area (Å²) in [5.41, 5.74) is 3.60. The molecule has 172 valence electrons. The van der Waals surface area contributed by atoms with E-state index in [0.29, 0.717) is 6.54 Å². The maximum absolute atomic E-state index is 12.8. The summed E-state index contributed by atoms with van der Waals surface area (Å²) in [5, 5.41) is 3.12. The summed E-state index contributed by atoms with van der Waals surface area (Å²) < 4.78 is 0. The zero-order valence-electron chi connectivity index (χ0n) is 19.5. The van der Waals surface area contributed by atoms with Gasteiger partial charge in [0.1, 0.15) is 5.82 Å². The molecule has 0 saturated carbocycles. The van der Waals surface area contributed by atoms with Crippen LogP contribution in [0.3, 0.4) is 0 Å². The van der Waals surface area contributed by atoms with Crippen molar-refractivity contribution in [3.05, 3.63) is 53.7 Å². The molecule has 32 heavy (non-hydrogen) atoms. The third kappa shape index (κ3) is 5.71. The first-order valence-electron chi connectivity index (χ1n) is 11.9. The molecule has 1 aromatic carbocycles. The van der Waals surface area contributed by atoms with Gasteiger partial charge in [-0.15, -0.1) is 0 Å². The normalized spacial score (nSPS) is 17.9. The number of nitrogens with one attached hydrogen (secondary N) is 1. The maximum Gasteiger partial charge on any atom is 0.317 e. The van der Waals surface area contributed by atoms with Crippen molar-refractivity contribution < 1.29 is 4.79 Å². The molecule has 0 unspecified atom stereocenters. The Morgan fingerprint density at radius 3 is 2.44 bits per heavy atom. The van der Waals surface area contributed by atoms with E-state index in [4.69, 9.17) is 0 Å². The van der Waals surface area contributed by atoms with E-state index in [1.54, 1.807) is 0 Å². The average Bonchev–Trinajstić information content (AvgIpc) is 3.10. The molecule has 3 heterocycles. The van der Waals surface area contributed by atoms with Gasteiger partial charge in [0.15, 0.2) is 0 Å². The summed E-state index contributed by atoms with van der Waals surface area (Å²) in [6.45, 7) is 13.5. The Morgan fingerprint density at radius 2 is 1.69 bits per heavy atom. The van der Waals surface area contributed by atoms with E-state index in [0.717, 1.165) is 76.7 Å². The van der Waals surface area contributed by atoms with Crippen LogP contribution in [-0.4, -0.2) is 79.7 Å². The predicted octanol–water partition coefficient (Wildman–Crippen LogP) is 2.95. The highest BCUT2D eigenvalue weighted by atomic mass is 16.2. The number of aromatic nitrogens is 1. The van der Waals surface area contributed by atoms with E-state index in [2.05, 4.69) is 69.2 Å². The van der Waals surface area contributed by atoms with Crippen molar-refractivity contribution in [1.29, 1.82) is 0 Å². The number of piperazine rings is 1. The van der Waals surface area contributed by atoms with Crippen LogP contribution in [0.15, 0.2) is 42.6 Å². The number of urea groups is 1. The number of hydrogen-bond acceptors (Lipinski definition) is 5. The molecule has 7 nitrogen and oxygen atoms in total. The number of anilines is 2. The highest BCUT2D eigenvalue weighted by Crippen LogP contribution is 2.18. The predicted molar refractivity (Wildman–Crippen MR) is 130 cm³/mol. The molecule has 7 heteroatoms. The zero-order chi connectivity index (χ0) is 22.3. The standard InChI is InChI=1S/C25H36N6O/c1-3-28-13-15-30(16-14-28)24-19-22(9-10-26-24)20-27-25(32)31-12-4-11-29(17-18-31)23-7-5-21(2)6-8-23/h5-10,19H,3-4,11-18,20H2,1-2H3,(H,27,32). The van der Waals surface area contributed by atoms with E-state index < -0.39 is 0 Å². The number of amides is 2. The molecule has 0 bridgehead atoms. The number of nitrogens with zero attached hydrogens (tertiary/aromatic N) is 5. The number of carbonyl (C=O) groups is 1. The van der Waals surface area contributed by atoms with Crippen molar-refractivity contribution in [3.63, 3.8) is 0 Å². The summed E-state index contributed by atoms with van der Waals surface area (Å²) in [4.78, 5) is 26.5. The lowest BCUT2D eigenvalue weighted by Gasteiger charge is -2.34. The molecule has 4 rings (SSSR count). The number of aryl methyl sites for hydroxylation is 1. The molecule has 1 aromatic heterocycles. The number of likely N-dealkylation sites (N-methyl/N-ethyl adjacent to an activating group) is 1. The quantitative estimate of drug-likeness (QED) is 0.781. The Labute approximate surface area is 192 Å². The van der Waals surface area contributed by atoms with Crippen LogP contribution in [0.1, 0.15) is 24.5 Å². The third-order valence-corrected chi connectivity index (χ3v) is 6.58. The van der Waals surface area contributed by atoms with Gasteiger partial charge in [0, 0.05) is 70.8 Å². The van der Waals surface area contributed by atoms with Crippen LogP contribution in [0.5, 0.6) is 0 Å². The van der Waals surface area contributed by atoms with Gasteiger partial charge in [-0.05, 0) is 49.7 Å². The van der Waals surface area contributed by atoms with Crippen molar-refractivity contribution in [3.8, 4) is 0 Å². The number of benzene rings is 1. The van der Waals surface area contributed by atoms with Crippen molar-refractivity contribution in [2.75, 3.05) is 68.7 Å². The Hall–Kier alpha value is -2.80. The van der Waals surface area contributed by atoms with Gasteiger partial charge in [0.05, 0.1) is 0 Å². The summed E-state index contributed by atoms with van der Waals surface area (Å²) in [5.74, 6) is 1.01.